The zero-order valence-corrected chi connectivity index (χ0v) is 16.6. The van der Waals surface area contributed by atoms with Crippen LogP contribution in [-0.2, 0) is 10.2 Å². The van der Waals surface area contributed by atoms with Crippen molar-refractivity contribution in [2.24, 2.45) is 0 Å². The standard InChI is InChI=1S/C17H20ClN3O3S.ClH/c1-19-12-13(22)10-11-20-16-8-4-5-9-17(16)21(25(20,23)24)15-7-3-2-6-14(15)18;/h2-9,13,19,22H,10-12H2,1H3;1H/t13-;/m0./s1. The van der Waals surface area contributed by atoms with Gasteiger partial charge in [-0.25, -0.2) is 4.31 Å². The molecule has 1 heterocycles. The summed E-state index contributed by atoms with van der Waals surface area (Å²) in [6.45, 7) is 0.590. The number of nitrogens with one attached hydrogen (secondary N) is 1. The molecule has 142 valence electrons. The van der Waals surface area contributed by atoms with Crippen molar-refractivity contribution >= 4 is 51.3 Å². The Morgan fingerprint density at radius 2 is 1.65 bits per heavy atom. The molecule has 0 fully saturated rings. The van der Waals surface area contributed by atoms with Gasteiger partial charge in [-0.05, 0) is 37.7 Å². The minimum Gasteiger partial charge on any atom is -0.392 e. The molecule has 3 rings (SSSR count). The van der Waals surface area contributed by atoms with E-state index in [-0.39, 0.29) is 19.0 Å². The number of rotatable bonds is 6. The van der Waals surface area contributed by atoms with Gasteiger partial charge in [-0.15, -0.1) is 12.4 Å². The average molecular weight is 418 g/mol. The second-order valence-electron chi connectivity index (χ2n) is 5.78. The number of aliphatic hydroxyl groups excluding tert-OH is 1. The Kier molecular flexibility index (Phi) is 6.76. The molecule has 0 amide bonds. The molecule has 0 spiro atoms. The lowest BCUT2D eigenvalue weighted by atomic mass is 10.2. The fourth-order valence-corrected chi connectivity index (χ4v) is 4.92. The van der Waals surface area contributed by atoms with Gasteiger partial charge < -0.3 is 10.4 Å². The van der Waals surface area contributed by atoms with Gasteiger partial charge in [0, 0.05) is 13.1 Å². The van der Waals surface area contributed by atoms with E-state index in [0.29, 0.717) is 35.1 Å². The predicted molar refractivity (Wildman–Crippen MR) is 108 cm³/mol. The van der Waals surface area contributed by atoms with Crippen LogP contribution < -0.4 is 13.9 Å². The van der Waals surface area contributed by atoms with Gasteiger partial charge in [0.1, 0.15) is 0 Å². The number of fused-ring (bicyclic) bond motifs is 1. The molecule has 0 bridgehead atoms. The average Bonchev–Trinajstić information content (AvgIpc) is 2.80. The molecule has 2 N–H and O–H groups in total. The van der Waals surface area contributed by atoms with Gasteiger partial charge in [0.2, 0.25) is 0 Å². The Labute approximate surface area is 165 Å². The molecule has 2 aromatic rings. The summed E-state index contributed by atoms with van der Waals surface area (Å²) in [7, 11) is -2.08. The molecule has 0 aromatic heterocycles. The van der Waals surface area contributed by atoms with Crippen LogP contribution in [-0.4, -0.2) is 39.8 Å². The molecular formula is C17H21Cl2N3O3S. The van der Waals surface area contributed by atoms with E-state index in [0.717, 1.165) is 0 Å². The molecule has 2 aromatic carbocycles. The SMILES string of the molecule is CNC[C@@H](O)CCN1c2ccccc2N(c2ccccc2Cl)S1(=O)=O.Cl. The van der Waals surface area contributed by atoms with E-state index < -0.39 is 16.3 Å². The first kappa shape index (κ1) is 20.8. The molecular weight excluding hydrogens is 397 g/mol. The van der Waals surface area contributed by atoms with E-state index in [1.807, 2.05) is 0 Å². The maximum absolute atomic E-state index is 13.2. The Morgan fingerprint density at radius 3 is 2.27 bits per heavy atom. The maximum atomic E-state index is 13.2. The summed E-state index contributed by atoms with van der Waals surface area (Å²) in [6, 6.07) is 13.9. The van der Waals surface area contributed by atoms with Crippen LogP contribution in [0, 0.1) is 0 Å². The summed E-state index contributed by atoms with van der Waals surface area (Å²) >= 11 is 6.24. The molecule has 1 aliphatic heterocycles. The van der Waals surface area contributed by atoms with Crippen LogP contribution in [0.15, 0.2) is 48.5 Å². The maximum Gasteiger partial charge on any atom is 0.331 e. The van der Waals surface area contributed by atoms with Crippen molar-refractivity contribution in [1.29, 1.82) is 0 Å². The molecule has 1 atom stereocenters. The lowest BCUT2D eigenvalue weighted by Crippen LogP contribution is -2.38. The summed E-state index contributed by atoms with van der Waals surface area (Å²) < 4.78 is 28.9. The van der Waals surface area contributed by atoms with E-state index >= 15 is 0 Å². The van der Waals surface area contributed by atoms with Crippen molar-refractivity contribution in [1.82, 2.24) is 5.32 Å². The summed E-state index contributed by atoms with van der Waals surface area (Å²) in [5.41, 5.74) is 1.55. The van der Waals surface area contributed by atoms with Gasteiger partial charge in [0.25, 0.3) is 0 Å². The molecule has 6 nitrogen and oxygen atoms in total. The van der Waals surface area contributed by atoms with Crippen molar-refractivity contribution < 1.29 is 13.5 Å². The Balaban J connectivity index is 0.00000243. The Hall–Kier alpha value is -1.51. The van der Waals surface area contributed by atoms with Crippen LogP contribution in [0.5, 0.6) is 0 Å². The highest BCUT2D eigenvalue weighted by atomic mass is 35.5. The minimum atomic E-state index is -3.82. The number of likely N-dealkylation sites (N-methyl/N-ethyl adjacent to an activating group) is 1. The van der Waals surface area contributed by atoms with Crippen molar-refractivity contribution in [3.63, 3.8) is 0 Å². The molecule has 1 aliphatic rings. The summed E-state index contributed by atoms with van der Waals surface area (Å²) in [5.74, 6) is 0. The second kappa shape index (κ2) is 8.45. The van der Waals surface area contributed by atoms with E-state index in [1.54, 1.807) is 55.6 Å². The number of benzene rings is 2. The van der Waals surface area contributed by atoms with E-state index in [9.17, 15) is 13.5 Å². The van der Waals surface area contributed by atoms with Gasteiger partial charge >= 0.3 is 10.2 Å². The van der Waals surface area contributed by atoms with Crippen LogP contribution in [0.1, 0.15) is 6.42 Å². The summed E-state index contributed by atoms with van der Waals surface area (Å²) in [4.78, 5) is 0. The molecule has 9 heteroatoms. The van der Waals surface area contributed by atoms with Gasteiger partial charge in [0.15, 0.2) is 0 Å². The van der Waals surface area contributed by atoms with Gasteiger partial charge in [-0.3, -0.25) is 4.31 Å². The van der Waals surface area contributed by atoms with E-state index in [2.05, 4.69) is 5.32 Å². The Bertz CT molecular complexity index is 864. The molecule has 0 unspecified atom stereocenters. The molecule has 0 saturated heterocycles. The topological polar surface area (TPSA) is 72.9 Å². The van der Waals surface area contributed by atoms with Crippen LogP contribution in [0.2, 0.25) is 5.02 Å². The van der Waals surface area contributed by atoms with Crippen molar-refractivity contribution in [2.75, 3.05) is 28.7 Å². The van der Waals surface area contributed by atoms with Crippen LogP contribution in [0.4, 0.5) is 17.1 Å². The highest BCUT2D eigenvalue weighted by Gasteiger charge is 2.41. The monoisotopic (exact) mass is 417 g/mol. The lowest BCUT2D eigenvalue weighted by molar-refractivity contribution is 0.167. The first-order valence-electron chi connectivity index (χ1n) is 7.96. The second-order valence-corrected chi connectivity index (χ2v) is 7.89. The smallest absolute Gasteiger partial charge is 0.331 e. The van der Waals surface area contributed by atoms with E-state index in [4.69, 9.17) is 11.6 Å². The lowest BCUT2D eigenvalue weighted by Gasteiger charge is -2.23. The van der Waals surface area contributed by atoms with Gasteiger partial charge in [-0.1, -0.05) is 35.9 Å². The number of halogens is 2. The van der Waals surface area contributed by atoms with Crippen molar-refractivity contribution in [3.05, 3.63) is 53.6 Å². The third kappa shape index (κ3) is 3.77. The van der Waals surface area contributed by atoms with Crippen LogP contribution in [0.3, 0.4) is 0 Å². The fraction of sp³-hybridized carbons (Fsp3) is 0.294. The third-order valence-corrected chi connectivity index (χ3v) is 6.17. The largest absolute Gasteiger partial charge is 0.392 e. The summed E-state index contributed by atoms with van der Waals surface area (Å²) in [6.07, 6.45) is -0.299. The predicted octanol–water partition coefficient (Wildman–Crippen LogP) is 2.94. The zero-order valence-electron chi connectivity index (χ0n) is 14.2. The van der Waals surface area contributed by atoms with E-state index in [1.165, 1.54) is 8.61 Å². The third-order valence-electron chi connectivity index (χ3n) is 4.05. The summed E-state index contributed by atoms with van der Waals surface area (Å²) in [5, 5.41) is 13.2. The molecule has 26 heavy (non-hydrogen) atoms. The van der Waals surface area contributed by atoms with Crippen LogP contribution >= 0.6 is 24.0 Å². The highest BCUT2D eigenvalue weighted by molar-refractivity contribution is 7.95. The number of hydrogen-bond acceptors (Lipinski definition) is 4. The number of anilines is 3. The normalized spacial score (nSPS) is 16.1. The number of nitrogens with zero attached hydrogens (tertiary/aromatic N) is 2. The number of aliphatic hydroxyl groups is 1. The van der Waals surface area contributed by atoms with Crippen molar-refractivity contribution in [3.8, 4) is 0 Å². The van der Waals surface area contributed by atoms with Gasteiger partial charge in [-0.2, -0.15) is 8.42 Å². The minimum absolute atomic E-state index is 0. The number of para-hydroxylation sites is 3. The molecule has 0 radical (unpaired) electrons. The zero-order chi connectivity index (χ0) is 18.0. The quantitative estimate of drug-likeness (QED) is 0.757. The first-order valence-corrected chi connectivity index (χ1v) is 9.73. The Morgan fingerprint density at radius 1 is 1.08 bits per heavy atom. The highest BCUT2D eigenvalue weighted by Crippen LogP contribution is 2.46. The molecule has 0 aliphatic carbocycles. The number of hydrogen-bond donors (Lipinski definition) is 2. The van der Waals surface area contributed by atoms with Gasteiger partial charge in [0.05, 0.1) is 28.2 Å². The fourth-order valence-electron chi connectivity index (χ4n) is 2.90. The van der Waals surface area contributed by atoms with Crippen LogP contribution in [0.25, 0.3) is 0 Å². The first-order chi connectivity index (χ1) is 12.0. The van der Waals surface area contributed by atoms with Crippen molar-refractivity contribution in [2.45, 2.75) is 12.5 Å². The molecule has 0 saturated carbocycles.